The van der Waals surface area contributed by atoms with E-state index >= 15 is 0 Å². The molecule has 1 atom stereocenters. The summed E-state index contributed by atoms with van der Waals surface area (Å²) in [7, 11) is 0. The van der Waals surface area contributed by atoms with Crippen LogP contribution in [-0.4, -0.2) is 27.7 Å². The average Bonchev–Trinajstić information content (AvgIpc) is 2.95. The molecule has 0 radical (unpaired) electrons. The van der Waals surface area contributed by atoms with Crippen LogP contribution in [-0.2, 0) is 6.42 Å². The Bertz CT molecular complexity index is 611. The molecule has 7 heteroatoms. The quantitative estimate of drug-likeness (QED) is 0.931. The van der Waals surface area contributed by atoms with E-state index in [1.807, 2.05) is 0 Å². The minimum Gasteiger partial charge on any atom is -0.339 e. The normalized spacial score (nSPS) is 18.9. The first kappa shape index (κ1) is 14.8. The lowest BCUT2D eigenvalue weighted by Gasteiger charge is -2.22. The first-order valence-corrected chi connectivity index (χ1v) is 7.85. The van der Waals surface area contributed by atoms with Gasteiger partial charge in [0.25, 0.3) is 0 Å². The summed E-state index contributed by atoms with van der Waals surface area (Å²) in [6, 6.07) is 2.17. The largest absolute Gasteiger partial charge is 0.339 e. The van der Waals surface area contributed by atoms with Gasteiger partial charge in [0.2, 0.25) is 11.7 Å². The molecule has 5 nitrogen and oxygen atoms in total. The Morgan fingerprint density at radius 1 is 1.33 bits per heavy atom. The van der Waals surface area contributed by atoms with Crippen LogP contribution < -0.4 is 5.32 Å². The zero-order chi connectivity index (χ0) is 14.7. The maximum absolute atomic E-state index is 6.09. The third kappa shape index (κ3) is 3.73. The van der Waals surface area contributed by atoms with Gasteiger partial charge >= 0.3 is 0 Å². The van der Waals surface area contributed by atoms with Crippen molar-refractivity contribution in [1.29, 1.82) is 0 Å². The van der Waals surface area contributed by atoms with Crippen molar-refractivity contribution < 1.29 is 4.52 Å². The molecule has 0 aromatic carbocycles. The van der Waals surface area contributed by atoms with Crippen molar-refractivity contribution in [3.8, 4) is 11.5 Å². The zero-order valence-electron chi connectivity index (χ0n) is 11.5. The molecule has 3 heterocycles. The van der Waals surface area contributed by atoms with Crippen LogP contribution in [0.15, 0.2) is 16.8 Å². The zero-order valence-corrected chi connectivity index (χ0v) is 13.0. The molecule has 0 spiro atoms. The number of hydrogen-bond acceptors (Lipinski definition) is 5. The predicted octanol–water partition coefficient (Wildman–Crippen LogP) is 3.51. The van der Waals surface area contributed by atoms with E-state index in [9.17, 15) is 0 Å². The molecule has 0 bridgehead atoms. The summed E-state index contributed by atoms with van der Waals surface area (Å²) in [4.78, 5) is 8.51. The van der Waals surface area contributed by atoms with Crippen molar-refractivity contribution in [2.45, 2.75) is 38.1 Å². The molecule has 112 valence electrons. The predicted molar refractivity (Wildman–Crippen MR) is 81.5 cm³/mol. The smallest absolute Gasteiger partial charge is 0.227 e. The number of pyridine rings is 1. The highest BCUT2D eigenvalue weighted by Gasteiger charge is 2.16. The van der Waals surface area contributed by atoms with Crippen molar-refractivity contribution >= 4 is 23.2 Å². The van der Waals surface area contributed by atoms with Crippen LogP contribution in [0.5, 0.6) is 0 Å². The average molecular weight is 327 g/mol. The van der Waals surface area contributed by atoms with Gasteiger partial charge in [-0.05, 0) is 31.9 Å². The Balaban J connectivity index is 1.65. The minimum atomic E-state index is 0.406. The van der Waals surface area contributed by atoms with Gasteiger partial charge < -0.3 is 9.84 Å². The maximum Gasteiger partial charge on any atom is 0.227 e. The van der Waals surface area contributed by atoms with Gasteiger partial charge in [-0.1, -0.05) is 34.8 Å². The van der Waals surface area contributed by atoms with E-state index in [0.717, 1.165) is 19.4 Å². The molecule has 3 rings (SSSR count). The highest BCUT2D eigenvalue weighted by atomic mass is 35.5. The lowest BCUT2D eigenvalue weighted by Crippen LogP contribution is -2.34. The second-order valence-corrected chi connectivity index (χ2v) is 6.02. The molecular weight excluding hydrogens is 311 g/mol. The number of piperidine rings is 1. The summed E-state index contributed by atoms with van der Waals surface area (Å²) in [5.41, 5.74) is 0.492. The Hall–Kier alpha value is -1.17. The van der Waals surface area contributed by atoms with Crippen molar-refractivity contribution in [3.05, 3.63) is 28.2 Å². The topological polar surface area (TPSA) is 63.8 Å². The van der Waals surface area contributed by atoms with Crippen LogP contribution in [0.3, 0.4) is 0 Å². The van der Waals surface area contributed by atoms with Gasteiger partial charge in [-0.25, -0.2) is 4.98 Å². The fourth-order valence-corrected chi connectivity index (χ4v) is 2.96. The van der Waals surface area contributed by atoms with Crippen molar-refractivity contribution in [1.82, 2.24) is 20.4 Å². The maximum atomic E-state index is 6.09. The molecule has 2 aromatic rings. The summed E-state index contributed by atoms with van der Waals surface area (Å²) < 4.78 is 5.27. The number of nitrogens with zero attached hydrogens (tertiary/aromatic N) is 3. The van der Waals surface area contributed by atoms with E-state index in [1.165, 1.54) is 25.5 Å². The molecule has 0 amide bonds. The molecule has 1 aliphatic rings. The van der Waals surface area contributed by atoms with Crippen molar-refractivity contribution in [2.24, 2.45) is 0 Å². The Morgan fingerprint density at radius 2 is 2.24 bits per heavy atom. The van der Waals surface area contributed by atoms with Crippen molar-refractivity contribution in [3.63, 3.8) is 0 Å². The van der Waals surface area contributed by atoms with Gasteiger partial charge in [0.15, 0.2) is 0 Å². The van der Waals surface area contributed by atoms with E-state index in [-0.39, 0.29) is 0 Å². The number of aryl methyl sites for hydroxylation is 1. The van der Waals surface area contributed by atoms with Crippen LogP contribution in [0.1, 0.15) is 31.6 Å². The Morgan fingerprint density at radius 3 is 3.00 bits per heavy atom. The van der Waals surface area contributed by atoms with Gasteiger partial charge in [-0.2, -0.15) is 4.98 Å². The summed E-state index contributed by atoms with van der Waals surface area (Å²) in [6.07, 6.45) is 7.05. The number of hydrogen-bond donors (Lipinski definition) is 1. The SMILES string of the molecule is Clc1cnc(-c2noc(CCC3CCCCN3)n2)c(Cl)c1. The van der Waals surface area contributed by atoms with Gasteiger partial charge in [-0.15, -0.1) is 0 Å². The van der Waals surface area contributed by atoms with Crippen LogP contribution in [0.25, 0.3) is 11.5 Å². The molecule has 0 aliphatic carbocycles. The standard InChI is InChI=1S/C14H16Cl2N4O/c15-9-7-11(16)13(18-8-9)14-19-12(21-20-14)5-4-10-3-1-2-6-17-10/h7-8,10,17H,1-6H2. The Labute approximate surface area is 133 Å². The van der Waals surface area contributed by atoms with E-state index in [2.05, 4.69) is 20.4 Å². The van der Waals surface area contributed by atoms with E-state index in [0.29, 0.717) is 33.5 Å². The fourth-order valence-electron chi connectivity index (χ4n) is 2.50. The van der Waals surface area contributed by atoms with Crippen molar-refractivity contribution in [2.75, 3.05) is 6.54 Å². The molecular formula is C14H16Cl2N4O. The van der Waals surface area contributed by atoms with Crippen LogP contribution in [0.2, 0.25) is 10.0 Å². The molecule has 1 unspecified atom stereocenters. The third-order valence-corrected chi connectivity index (χ3v) is 4.10. The van der Waals surface area contributed by atoms with Crippen LogP contribution in [0.4, 0.5) is 0 Å². The third-order valence-electron chi connectivity index (χ3n) is 3.61. The molecule has 1 saturated heterocycles. The second-order valence-electron chi connectivity index (χ2n) is 5.18. The lowest BCUT2D eigenvalue weighted by atomic mass is 10.0. The van der Waals surface area contributed by atoms with Crippen LogP contribution >= 0.6 is 23.2 Å². The van der Waals surface area contributed by atoms with E-state index < -0.39 is 0 Å². The summed E-state index contributed by atoms with van der Waals surface area (Å²) in [5, 5.41) is 8.35. The van der Waals surface area contributed by atoms with E-state index in [4.69, 9.17) is 27.7 Å². The van der Waals surface area contributed by atoms with Gasteiger partial charge in [0, 0.05) is 18.7 Å². The Kier molecular flexibility index (Phi) is 4.73. The number of nitrogens with one attached hydrogen (secondary N) is 1. The van der Waals surface area contributed by atoms with E-state index in [1.54, 1.807) is 6.07 Å². The number of aromatic nitrogens is 3. The monoisotopic (exact) mass is 326 g/mol. The molecule has 21 heavy (non-hydrogen) atoms. The fraction of sp³-hybridized carbons (Fsp3) is 0.500. The van der Waals surface area contributed by atoms with Gasteiger partial charge in [0.05, 0.1) is 10.0 Å². The number of halogens is 2. The molecule has 0 saturated carbocycles. The first-order chi connectivity index (χ1) is 10.2. The summed E-state index contributed by atoms with van der Waals surface area (Å²) in [5.74, 6) is 1.02. The molecule has 2 aromatic heterocycles. The second kappa shape index (κ2) is 6.73. The molecule has 1 aliphatic heterocycles. The van der Waals surface area contributed by atoms with Crippen LogP contribution in [0, 0.1) is 0 Å². The minimum absolute atomic E-state index is 0.406. The highest BCUT2D eigenvalue weighted by Crippen LogP contribution is 2.26. The number of rotatable bonds is 4. The first-order valence-electron chi connectivity index (χ1n) is 7.10. The molecule has 1 N–H and O–H groups in total. The summed E-state index contributed by atoms with van der Waals surface area (Å²) in [6.45, 7) is 1.10. The summed E-state index contributed by atoms with van der Waals surface area (Å²) >= 11 is 11.9. The van der Waals surface area contributed by atoms with Gasteiger partial charge in [0.1, 0.15) is 5.69 Å². The lowest BCUT2D eigenvalue weighted by molar-refractivity contribution is 0.342. The molecule has 1 fully saturated rings. The highest BCUT2D eigenvalue weighted by molar-refractivity contribution is 6.35. The van der Waals surface area contributed by atoms with Gasteiger partial charge in [-0.3, -0.25) is 0 Å².